The number of carbonyl (C=O) groups excluding carboxylic acids is 1. The number of hydrogen-bond donors (Lipinski definition) is 0. The molecule has 0 radical (unpaired) electrons. The Morgan fingerprint density at radius 2 is 2.00 bits per heavy atom. The quantitative estimate of drug-likeness (QED) is 0.426. The second-order valence-corrected chi connectivity index (χ2v) is 3.14. The molecule has 1 aromatic rings. The smallest absolute Gasteiger partial charge is 0.449 e. The minimum Gasteiger partial charge on any atom is -0.449 e. The van der Waals surface area contributed by atoms with Gasteiger partial charge in [0.25, 0.3) is 0 Å². The molecule has 5 heteroatoms. The highest BCUT2D eigenvalue weighted by Gasteiger charge is 2.23. The normalized spacial score (nSPS) is 10.8. The van der Waals surface area contributed by atoms with E-state index in [9.17, 15) is 17.7 Å². The minimum absolute atomic E-state index is 0.0278. The Hall–Kier alpha value is -1.70. The van der Waals surface area contributed by atoms with Crippen LogP contribution in [0.4, 0.5) is 12.9 Å². The first-order valence-electron chi connectivity index (χ1n) is 4.21. The molecule has 0 saturated carbocycles. The van der Waals surface area contributed by atoms with Crippen LogP contribution in [0.15, 0.2) is 18.2 Å². The van der Waals surface area contributed by atoms with Crippen LogP contribution in [0.2, 0.25) is 0 Å². The van der Waals surface area contributed by atoms with Crippen molar-refractivity contribution < 1.29 is 17.7 Å². The van der Waals surface area contributed by atoms with E-state index in [4.69, 9.17) is 6.42 Å². The Bertz CT molecular complexity index is 418. The molecule has 0 aliphatic rings. The van der Waals surface area contributed by atoms with Crippen molar-refractivity contribution in [3.63, 3.8) is 0 Å². The van der Waals surface area contributed by atoms with E-state index in [1.54, 1.807) is 0 Å². The summed E-state index contributed by atoms with van der Waals surface area (Å²) < 4.78 is 36.4. The lowest BCUT2D eigenvalue weighted by atomic mass is 9.81. The molecule has 0 aliphatic carbocycles. The van der Waals surface area contributed by atoms with Gasteiger partial charge in [0.05, 0.1) is 0 Å². The highest BCUT2D eigenvalue weighted by Crippen LogP contribution is 2.18. The Kier molecular flexibility index (Phi) is 3.20. The van der Waals surface area contributed by atoms with E-state index in [2.05, 4.69) is 5.92 Å². The van der Waals surface area contributed by atoms with E-state index >= 15 is 0 Å². The highest BCUT2D eigenvalue weighted by molar-refractivity contribution is 6.57. The number of carbonyl (C=O) groups is 1. The lowest BCUT2D eigenvalue weighted by Crippen LogP contribution is -2.19. The zero-order chi connectivity index (χ0) is 11.5. The van der Waals surface area contributed by atoms with Crippen molar-refractivity contribution in [2.75, 3.05) is 0 Å². The van der Waals surface area contributed by atoms with Crippen molar-refractivity contribution in [1.29, 1.82) is 0 Å². The second kappa shape index (κ2) is 4.22. The molecular formula is C10H7BF3O-. The number of rotatable bonds is 3. The molecule has 0 atom stereocenters. The summed E-state index contributed by atoms with van der Waals surface area (Å²) in [6.07, 6.45) is 4.53. The zero-order valence-electron chi connectivity index (χ0n) is 7.71. The maximum Gasteiger partial charge on any atom is 0.482 e. The van der Waals surface area contributed by atoms with E-state index in [-0.39, 0.29) is 16.7 Å². The second-order valence-electron chi connectivity index (χ2n) is 3.14. The molecule has 0 spiro atoms. The molecule has 1 rings (SSSR count). The van der Waals surface area contributed by atoms with E-state index < -0.39 is 13.3 Å². The van der Waals surface area contributed by atoms with Crippen LogP contribution in [0.25, 0.3) is 0 Å². The zero-order valence-corrected chi connectivity index (χ0v) is 7.71. The third kappa shape index (κ3) is 3.51. The van der Waals surface area contributed by atoms with E-state index in [1.807, 2.05) is 0 Å². The minimum atomic E-state index is -4.91. The lowest BCUT2D eigenvalue weighted by molar-refractivity contribution is 0.112. The van der Waals surface area contributed by atoms with Crippen molar-refractivity contribution in [3.8, 4) is 12.3 Å². The van der Waals surface area contributed by atoms with Crippen molar-refractivity contribution in [2.24, 2.45) is 0 Å². The van der Waals surface area contributed by atoms with Gasteiger partial charge in [-0.1, -0.05) is 23.9 Å². The fraction of sp³-hybridized carbons (Fsp3) is 0.100. The van der Waals surface area contributed by atoms with Crippen LogP contribution in [0.5, 0.6) is 0 Å². The van der Waals surface area contributed by atoms with Crippen molar-refractivity contribution >= 4 is 13.3 Å². The molecular weight excluding hydrogens is 204 g/mol. The van der Waals surface area contributed by atoms with E-state index in [1.165, 1.54) is 18.2 Å². The van der Waals surface area contributed by atoms with Gasteiger partial charge in [-0.2, -0.15) is 0 Å². The molecule has 0 fully saturated rings. The number of aldehydes is 1. The van der Waals surface area contributed by atoms with E-state index in [0.29, 0.717) is 6.29 Å². The topological polar surface area (TPSA) is 17.1 Å². The van der Waals surface area contributed by atoms with Gasteiger partial charge in [-0.05, 0) is 12.1 Å². The van der Waals surface area contributed by atoms with Crippen LogP contribution in [-0.4, -0.2) is 13.3 Å². The van der Waals surface area contributed by atoms with E-state index in [0.717, 1.165) is 0 Å². The van der Waals surface area contributed by atoms with Gasteiger partial charge in [0.15, 0.2) is 0 Å². The Morgan fingerprint density at radius 3 is 2.47 bits per heavy atom. The summed E-state index contributed by atoms with van der Waals surface area (Å²) in [4.78, 5) is 10.4. The van der Waals surface area contributed by atoms with Crippen molar-refractivity contribution in [3.05, 3.63) is 34.9 Å². The predicted molar refractivity (Wildman–Crippen MR) is 52.5 cm³/mol. The lowest BCUT2D eigenvalue weighted by Gasteiger charge is -2.13. The average molecular weight is 211 g/mol. The van der Waals surface area contributed by atoms with Gasteiger partial charge in [-0.15, -0.1) is 6.42 Å². The monoisotopic (exact) mass is 211 g/mol. The van der Waals surface area contributed by atoms with Gasteiger partial charge < -0.3 is 12.9 Å². The summed E-state index contributed by atoms with van der Waals surface area (Å²) in [6.45, 7) is -4.91. The van der Waals surface area contributed by atoms with Gasteiger partial charge >= 0.3 is 6.98 Å². The van der Waals surface area contributed by atoms with Gasteiger partial charge in [0.1, 0.15) is 6.29 Å². The van der Waals surface area contributed by atoms with Gasteiger partial charge in [0, 0.05) is 11.1 Å². The molecule has 0 aromatic heterocycles. The maximum atomic E-state index is 12.1. The summed E-state index contributed by atoms with van der Waals surface area (Å²) in [5.74, 6) is 2.21. The van der Waals surface area contributed by atoms with Crippen LogP contribution < -0.4 is 0 Å². The molecule has 15 heavy (non-hydrogen) atoms. The SMILES string of the molecule is C#Cc1cc(C=O)cc(C[B-](F)(F)F)c1. The standard InChI is InChI=1S/C10H7BF3O/c1-2-8-3-9(6-11(12,13)14)5-10(4-8)7-15/h1,3-5,7H,6H2/q-1. The van der Waals surface area contributed by atoms with Crippen LogP contribution in [-0.2, 0) is 6.32 Å². The van der Waals surface area contributed by atoms with Crippen molar-refractivity contribution in [1.82, 2.24) is 0 Å². The van der Waals surface area contributed by atoms with Crippen LogP contribution in [0, 0.1) is 12.3 Å². The first-order chi connectivity index (χ1) is 6.94. The molecule has 1 nitrogen and oxygen atoms in total. The average Bonchev–Trinajstić information content (AvgIpc) is 2.14. The number of halogens is 3. The summed E-state index contributed by atoms with van der Waals surface area (Å²) >= 11 is 0. The molecule has 0 saturated heterocycles. The summed E-state index contributed by atoms with van der Waals surface area (Å²) in [6, 6.07) is 3.84. The molecule has 0 amide bonds. The molecule has 0 aliphatic heterocycles. The molecule has 0 bridgehead atoms. The maximum absolute atomic E-state index is 12.1. The number of hydrogen-bond acceptors (Lipinski definition) is 1. The first-order valence-corrected chi connectivity index (χ1v) is 4.21. The molecule has 1 aromatic carbocycles. The highest BCUT2D eigenvalue weighted by atomic mass is 19.4. The molecule has 0 unspecified atom stereocenters. The first kappa shape index (κ1) is 11.4. The molecule has 78 valence electrons. The van der Waals surface area contributed by atoms with Crippen molar-refractivity contribution in [2.45, 2.75) is 6.32 Å². The fourth-order valence-electron chi connectivity index (χ4n) is 1.25. The number of terminal acetylenes is 1. The third-order valence-electron chi connectivity index (χ3n) is 1.79. The Labute approximate surface area is 85.4 Å². The van der Waals surface area contributed by atoms with Crippen LogP contribution in [0.3, 0.4) is 0 Å². The summed E-state index contributed by atoms with van der Waals surface area (Å²) in [5, 5.41) is 0. The Morgan fingerprint density at radius 1 is 1.33 bits per heavy atom. The van der Waals surface area contributed by atoms with Crippen LogP contribution >= 0.6 is 0 Å². The molecule has 0 heterocycles. The van der Waals surface area contributed by atoms with Gasteiger partial charge in [0.2, 0.25) is 0 Å². The Balaban J connectivity index is 3.09. The summed E-state index contributed by atoms with van der Waals surface area (Å²) in [7, 11) is 0. The molecule has 0 N–H and O–H groups in total. The third-order valence-corrected chi connectivity index (χ3v) is 1.79. The largest absolute Gasteiger partial charge is 0.482 e. The summed E-state index contributed by atoms with van der Waals surface area (Å²) in [5.41, 5.74) is 0.482. The van der Waals surface area contributed by atoms with Gasteiger partial charge in [-0.3, -0.25) is 4.79 Å². The predicted octanol–water partition coefficient (Wildman–Crippen LogP) is 2.41. The number of benzene rings is 1. The van der Waals surface area contributed by atoms with Gasteiger partial charge in [-0.25, -0.2) is 0 Å². The fourth-order valence-corrected chi connectivity index (χ4v) is 1.25. The van der Waals surface area contributed by atoms with Crippen LogP contribution in [0.1, 0.15) is 21.5 Å².